The Labute approximate surface area is 117 Å². The summed E-state index contributed by atoms with van der Waals surface area (Å²) in [4.78, 5) is 22.1. The first-order chi connectivity index (χ1) is 9.45. The number of benzene rings is 1. The van der Waals surface area contributed by atoms with Crippen molar-refractivity contribution in [2.45, 2.75) is 25.6 Å². The minimum absolute atomic E-state index is 0.195. The Balaban J connectivity index is 2.68. The molecule has 110 valence electrons. The van der Waals surface area contributed by atoms with Gasteiger partial charge in [0.15, 0.2) is 0 Å². The molecule has 2 unspecified atom stereocenters. The van der Waals surface area contributed by atoms with Gasteiger partial charge in [-0.3, -0.25) is 4.79 Å². The van der Waals surface area contributed by atoms with Crippen molar-refractivity contribution in [3.63, 3.8) is 0 Å². The molecule has 3 N–H and O–H groups in total. The molecule has 1 amide bonds. The Morgan fingerprint density at radius 3 is 2.65 bits per heavy atom. The van der Waals surface area contributed by atoms with Crippen LogP contribution in [0.25, 0.3) is 0 Å². The van der Waals surface area contributed by atoms with Gasteiger partial charge < -0.3 is 20.3 Å². The van der Waals surface area contributed by atoms with Crippen molar-refractivity contribution in [1.29, 1.82) is 0 Å². The van der Waals surface area contributed by atoms with Gasteiger partial charge in [0.05, 0.1) is 18.8 Å². The van der Waals surface area contributed by atoms with Crippen LogP contribution in [0.15, 0.2) is 24.3 Å². The zero-order valence-corrected chi connectivity index (χ0v) is 11.5. The lowest BCUT2D eigenvalue weighted by Gasteiger charge is -2.18. The van der Waals surface area contributed by atoms with E-state index in [2.05, 4.69) is 10.1 Å². The Kier molecular flexibility index (Phi) is 6.14. The largest absolute Gasteiger partial charge is 0.465 e. The summed E-state index contributed by atoms with van der Waals surface area (Å²) < 4.78 is 4.59. The van der Waals surface area contributed by atoms with Gasteiger partial charge in [-0.1, -0.05) is 12.1 Å². The number of hydrogen-bond acceptors (Lipinski definition) is 5. The van der Waals surface area contributed by atoms with E-state index >= 15 is 0 Å². The molecule has 0 aliphatic carbocycles. The van der Waals surface area contributed by atoms with Gasteiger partial charge in [0.2, 0.25) is 5.91 Å². The van der Waals surface area contributed by atoms with Crippen LogP contribution in [0, 0.1) is 0 Å². The highest BCUT2D eigenvalue weighted by molar-refractivity contribution is 5.89. The highest BCUT2D eigenvalue weighted by atomic mass is 16.5. The molecule has 0 spiro atoms. The second kappa shape index (κ2) is 7.62. The number of carbonyl (C=O) groups is 2. The molecule has 0 bridgehead atoms. The Morgan fingerprint density at radius 1 is 1.35 bits per heavy atom. The van der Waals surface area contributed by atoms with Gasteiger partial charge in [-0.25, -0.2) is 4.79 Å². The van der Waals surface area contributed by atoms with E-state index in [9.17, 15) is 19.8 Å². The van der Waals surface area contributed by atoms with Crippen molar-refractivity contribution in [3.05, 3.63) is 35.4 Å². The van der Waals surface area contributed by atoms with E-state index in [-0.39, 0.29) is 18.9 Å². The Morgan fingerprint density at radius 2 is 2.05 bits per heavy atom. The maximum absolute atomic E-state index is 11.4. The number of rotatable bonds is 6. The van der Waals surface area contributed by atoms with Gasteiger partial charge in [-0.05, 0) is 24.1 Å². The van der Waals surface area contributed by atoms with Crippen molar-refractivity contribution < 1.29 is 24.5 Å². The van der Waals surface area contributed by atoms with Crippen molar-refractivity contribution in [1.82, 2.24) is 5.32 Å². The summed E-state index contributed by atoms with van der Waals surface area (Å²) >= 11 is 0. The van der Waals surface area contributed by atoms with Crippen LogP contribution in [-0.4, -0.2) is 41.8 Å². The first-order valence-electron chi connectivity index (χ1n) is 6.24. The third-order valence-corrected chi connectivity index (χ3v) is 2.83. The van der Waals surface area contributed by atoms with E-state index in [0.29, 0.717) is 11.1 Å². The predicted octanol–water partition coefficient (Wildman–Crippen LogP) is 0.394. The lowest BCUT2D eigenvalue weighted by atomic mass is 10.00. The summed E-state index contributed by atoms with van der Waals surface area (Å²) in [7, 11) is 1.27. The van der Waals surface area contributed by atoms with Crippen molar-refractivity contribution in [2.24, 2.45) is 0 Å². The molecule has 20 heavy (non-hydrogen) atoms. The molecule has 1 aromatic rings. The summed E-state index contributed by atoms with van der Waals surface area (Å²) in [5.74, 6) is -0.703. The van der Waals surface area contributed by atoms with Gasteiger partial charge in [-0.2, -0.15) is 0 Å². The van der Waals surface area contributed by atoms with Gasteiger partial charge >= 0.3 is 5.97 Å². The lowest BCUT2D eigenvalue weighted by Crippen LogP contribution is -2.27. The van der Waals surface area contributed by atoms with Crippen LogP contribution in [0.2, 0.25) is 0 Å². The number of nitrogens with one attached hydrogen (secondary N) is 1. The number of ether oxygens (including phenoxy) is 1. The second-order valence-corrected chi connectivity index (χ2v) is 4.40. The summed E-state index contributed by atoms with van der Waals surface area (Å²) in [6.45, 7) is 1.65. The number of hydrogen-bond donors (Lipinski definition) is 3. The number of carbonyl (C=O) groups excluding carboxylic acids is 2. The van der Waals surface area contributed by atoms with Gasteiger partial charge in [-0.15, -0.1) is 0 Å². The molecule has 1 aromatic carbocycles. The molecule has 0 saturated heterocycles. The molecular formula is C14H19NO5. The van der Waals surface area contributed by atoms with E-state index in [1.807, 2.05) is 0 Å². The zero-order chi connectivity index (χ0) is 15.1. The lowest BCUT2D eigenvalue weighted by molar-refractivity contribution is -0.119. The molecule has 0 radical (unpaired) electrons. The number of methoxy groups -OCH3 is 1. The van der Waals surface area contributed by atoms with Crippen LogP contribution >= 0.6 is 0 Å². The van der Waals surface area contributed by atoms with E-state index in [4.69, 9.17) is 0 Å². The fraction of sp³-hybridized carbons (Fsp3) is 0.429. The minimum atomic E-state index is -1.13. The third kappa shape index (κ3) is 4.64. The van der Waals surface area contributed by atoms with Crippen LogP contribution in [0.5, 0.6) is 0 Å². The van der Waals surface area contributed by atoms with Crippen molar-refractivity contribution >= 4 is 11.9 Å². The smallest absolute Gasteiger partial charge is 0.337 e. The molecule has 0 fully saturated rings. The number of esters is 1. The first kappa shape index (κ1) is 16.1. The van der Waals surface area contributed by atoms with Crippen molar-refractivity contribution in [2.75, 3.05) is 13.7 Å². The highest BCUT2D eigenvalue weighted by Gasteiger charge is 2.19. The molecule has 0 aliphatic heterocycles. The fourth-order valence-corrected chi connectivity index (χ4v) is 1.74. The van der Waals surface area contributed by atoms with E-state index in [0.717, 1.165) is 0 Å². The molecule has 6 heteroatoms. The molecule has 2 atom stereocenters. The van der Waals surface area contributed by atoms with Crippen LogP contribution in [0.1, 0.15) is 35.4 Å². The fourth-order valence-electron chi connectivity index (χ4n) is 1.74. The predicted molar refractivity (Wildman–Crippen MR) is 72.0 cm³/mol. The molecular weight excluding hydrogens is 262 g/mol. The normalized spacial score (nSPS) is 13.4. The molecule has 0 aromatic heterocycles. The topological polar surface area (TPSA) is 95.9 Å². The summed E-state index contributed by atoms with van der Waals surface area (Å²) in [6.07, 6.45) is -1.95. The van der Waals surface area contributed by atoms with Crippen LogP contribution < -0.4 is 5.32 Å². The Bertz CT molecular complexity index is 474. The zero-order valence-electron chi connectivity index (χ0n) is 11.5. The number of amides is 1. The quantitative estimate of drug-likeness (QED) is 0.656. The number of aliphatic hydroxyl groups is 2. The van der Waals surface area contributed by atoms with Crippen molar-refractivity contribution in [3.8, 4) is 0 Å². The second-order valence-electron chi connectivity index (χ2n) is 4.40. The average molecular weight is 281 g/mol. The maximum atomic E-state index is 11.4. The Hall–Kier alpha value is -1.92. The summed E-state index contributed by atoms with van der Waals surface area (Å²) in [5, 5.41) is 22.4. The third-order valence-electron chi connectivity index (χ3n) is 2.83. The average Bonchev–Trinajstić information content (AvgIpc) is 2.45. The van der Waals surface area contributed by atoms with Gasteiger partial charge in [0, 0.05) is 13.5 Å². The van der Waals surface area contributed by atoms with Crippen LogP contribution in [0.4, 0.5) is 0 Å². The molecule has 6 nitrogen and oxygen atoms in total. The molecule has 0 aliphatic rings. The van der Waals surface area contributed by atoms with E-state index in [1.165, 1.54) is 20.1 Å². The molecule has 0 saturated carbocycles. The van der Waals surface area contributed by atoms with E-state index in [1.54, 1.807) is 18.2 Å². The SMILES string of the molecule is COC(=O)c1cccc(C(O)C(O)CCNC(C)=O)c1. The summed E-state index contributed by atoms with van der Waals surface area (Å²) in [5.41, 5.74) is 0.723. The molecule has 1 rings (SSSR count). The molecule has 0 heterocycles. The highest BCUT2D eigenvalue weighted by Crippen LogP contribution is 2.20. The van der Waals surface area contributed by atoms with E-state index < -0.39 is 18.2 Å². The van der Waals surface area contributed by atoms with Gasteiger partial charge in [0.25, 0.3) is 0 Å². The monoisotopic (exact) mass is 281 g/mol. The standard InChI is InChI=1S/C14H19NO5/c1-9(16)15-7-6-12(17)13(18)10-4-3-5-11(8-10)14(19)20-2/h3-5,8,12-13,17-18H,6-7H2,1-2H3,(H,15,16). The van der Waals surface area contributed by atoms with Crippen LogP contribution in [-0.2, 0) is 9.53 Å². The minimum Gasteiger partial charge on any atom is -0.465 e. The summed E-state index contributed by atoms with van der Waals surface area (Å²) in [6, 6.07) is 6.24. The maximum Gasteiger partial charge on any atom is 0.337 e. The number of aliphatic hydroxyl groups excluding tert-OH is 2. The van der Waals surface area contributed by atoms with Gasteiger partial charge in [0.1, 0.15) is 6.10 Å². The van der Waals surface area contributed by atoms with Crippen LogP contribution in [0.3, 0.4) is 0 Å². The first-order valence-corrected chi connectivity index (χ1v) is 6.24.